The molecular formula is C17H17N3O4S. The highest BCUT2D eigenvalue weighted by atomic mass is 32.2. The second kappa shape index (κ2) is 6.29. The average molecular weight is 359 g/mol. The lowest BCUT2D eigenvalue weighted by Crippen LogP contribution is -2.42. The first-order valence-corrected chi connectivity index (χ1v) is 8.73. The molecule has 1 aromatic carbocycles. The first-order chi connectivity index (χ1) is 11.8. The number of hydrogen-bond acceptors (Lipinski definition) is 5. The zero-order chi connectivity index (χ0) is 18.3. The van der Waals surface area contributed by atoms with E-state index in [0.29, 0.717) is 5.70 Å². The van der Waals surface area contributed by atoms with Crippen LogP contribution in [-0.2, 0) is 18.9 Å². The van der Waals surface area contributed by atoms with Crippen LogP contribution in [0.5, 0.6) is 0 Å². The third kappa shape index (κ3) is 2.78. The number of rotatable bonds is 3. The van der Waals surface area contributed by atoms with Gasteiger partial charge in [0.15, 0.2) is 0 Å². The molecule has 3 rings (SSSR count). The Balaban J connectivity index is 2.21. The van der Waals surface area contributed by atoms with Crippen LogP contribution in [0.2, 0.25) is 0 Å². The van der Waals surface area contributed by atoms with E-state index in [1.807, 2.05) is 30.5 Å². The van der Waals surface area contributed by atoms with Gasteiger partial charge in [-0.3, -0.25) is 18.7 Å². The smallest absolute Gasteiger partial charge is 0.332 e. The van der Waals surface area contributed by atoms with E-state index in [0.717, 1.165) is 15.0 Å². The van der Waals surface area contributed by atoms with Gasteiger partial charge in [-0.15, -0.1) is 11.8 Å². The average Bonchev–Trinajstić information content (AvgIpc) is 2.63. The Morgan fingerprint density at radius 3 is 2.36 bits per heavy atom. The van der Waals surface area contributed by atoms with Gasteiger partial charge in [0.05, 0.1) is 5.56 Å². The fraction of sp³-hybridized carbons (Fsp3) is 0.235. The Bertz CT molecular complexity index is 1000. The van der Waals surface area contributed by atoms with Crippen molar-refractivity contribution in [1.29, 1.82) is 0 Å². The van der Waals surface area contributed by atoms with Gasteiger partial charge in [0.2, 0.25) is 0 Å². The Morgan fingerprint density at radius 1 is 1.16 bits per heavy atom. The molecule has 0 bridgehead atoms. The summed E-state index contributed by atoms with van der Waals surface area (Å²) in [4.78, 5) is 37.4. The Morgan fingerprint density at radius 2 is 1.80 bits per heavy atom. The molecule has 1 atom stereocenters. The van der Waals surface area contributed by atoms with Gasteiger partial charge in [0, 0.05) is 24.7 Å². The lowest BCUT2D eigenvalue weighted by molar-refractivity contribution is -0.137. The summed E-state index contributed by atoms with van der Waals surface area (Å²) < 4.78 is 2.18. The number of anilines is 1. The van der Waals surface area contributed by atoms with Crippen LogP contribution < -0.4 is 16.6 Å². The van der Waals surface area contributed by atoms with Crippen LogP contribution in [-0.4, -0.2) is 26.5 Å². The second-order valence-electron chi connectivity index (χ2n) is 5.72. The molecule has 0 radical (unpaired) electrons. The van der Waals surface area contributed by atoms with Crippen molar-refractivity contribution in [3.05, 3.63) is 62.3 Å². The van der Waals surface area contributed by atoms with E-state index in [-0.39, 0.29) is 11.4 Å². The number of nitrogens with one attached hydrogen (secondary N) is 1. The molecule has 1 aliphatic rings. The number of carbonyl (C=O) groups is 1. The zero-order valence-electron chi connectivity index (χ0n) is 13.9. The van der Waals surface area contributed by atoms with Gasteiger partial charge in [-0.05, 0) is 30.0 Å². The fourth-order valence-electron chi connectivity index (χ4n) is 2.85. The summed E-state index contributed by atoms with van der Waals surface area (Å²) in [5, 5.41) is 12.6. The molecule has 7 nitrogen and oxygen atoms in total. The van der Waals surface area contributed by atoms with Gasteiger partial charge in [-0.2, -0.15) is 0 Å². The standard InChI is InChI=1S/C17H17N3O4S/c1-19-14-13(15(21)20(2)17(19)24)11(16(22)23)8-12(18-14)9-4-6-10(25-3)7-5-9/h4-8,11,18H,1-3H3,(H,22,23). The summed E-state index contributed by atoms with van der Waals surface area (Å²) in [6, 6.07) is 7.59. The third-order valence-electron chi connectivity index (χ3n) is 4.26. The number of thioether (sulfide) groups is 1. The first-order valence-electron chi connectivity index (χ1n) is 7.51. The lowest BCUT2D eigenvalue weighted by atomic mass is 9.94. The molecule has 130 valence electrons. The van der Waals surface area contributed by atoms with Crippen LogP contribution in [0.4, 0.5) is 5.82 Å². The predicted molar refractivity (Wildman–Crippen MR) is 97.1 cm³/mol. The van der Waals surface area contributed by atoms with E-state index in [1.165, 1.54) is 24.7 Å². The monoisotopic (exact) mass is 359 g/mol. The minimum Gasteiger partial charge on any atom is -0.481 e. The molecule has 0 amide bonds. The summed E-state index contributed by atoms with van der Waals surface area (Å²) in [5.41, 5.74) is 0.269. The van der Waals surface area contributed by atoms with E-state index in [2.05, 4.69) is 5.32 Å². The minimum absolute atomic E-state index is 0.0570. The number of hydrogen-bond donors (Lipinski definition) is 2. The van der Waals surface area contributed by atoms with Crippen molar-refractivity contribution in [2.24, 2.45) is 14.1 Å². The summed E-state index contributed by atoms with van der Waals surface area (Å²) in [5.74, 6) is -2.05. The molecule has 1 aliphatic heterocycles. The molecule has 2 N–H and O–H groups in total. The molecule has 0 saturated heterocycles. The molecule has 1 aromatic heterocycles. The number of carboxylic acid groups (broad SMARTS) is 1. The van der Waals surface area contributed by atoms with Crippen LogP contribution in [0, 0.1) is 0 Å². The largest absolute Gasteiger partial charge is 0.481 e. The van der Waals surface area contributed by atoms with Crippen molar-refractivity contribution >= 4 is 29.2 Å². The normalized spacial score (nSPS) is 16.0. The van der Waals surface area contributed by atoms with Crippen LogP contribution >= 0.6 is 11.8 Å². The quantitative estimate of drug-likeness (QED) is 0.806. The number of aromatic nitrogens is 2. The van der Waals surface area contributed by atoms with Crippen molar-refractivity contribution < 1.29 is 9.90 Å². The molecule has 25 heavy (non-hydrogen) atoms. The van der Waals surface area contributed by atoms with Crippen molar-refractivity contribution in [1.82, 2.24) is 9.13 Å². The van der Waals surface area contributed by atoms with Gasteiger partial charge in [-0.25, -0.2) is 4.79 Å². The van der Waals surface area contributed by atoms with E-state index < -0.39 is 23.1 Å². The SMILES string of the molecule is CSc1ccc(C2=CC(C(=O)O)c3c(n(C)c(=O)n(C)c3=O)N2)cc1. The number of benzene rings is 1. The maximum atomic E-state index is 12.4. The molecule has 0 spiro atoms. The highest BCUT2D eigenvalue weighted by Crippen LogP contribution is 2.33. The highest BCUT2D eigenvalue weighted by molar-refractivity contribution is 7.98. The molecule has 0 fully saturated rings. The molecule has 2 aromatic rings. The number of nitrogens with zero attached hydrogens (tertiary/aromatic N) is 2. The molecule has 2 heterocycles. The van der Waals surface area contributed by atoms with Crippen LogP contribution in [0.3, 0.4) is 0 Å². The van der Waals surface area contributed by atoms with E-state index in [1.54, 1.807) is 11.8 Å². The third-order valence-corrected chi connectivity index (χ3v) is 5.01. The molecule has 0 saturated carbocycles. The lowest BCUT2D eigenvalue weighted by Gasteiger charge is -2.25. The van der Waals surface area contributed by atoms with Gasteiger partial charge >= 0.3 is 11.7 Å². The zero-order valence-corrected chi connectivity index (χ0v) is 14.8. The van der Waals surface area contributed by atoms with Crippen molar-refractivity contribution in [2.75, 3.05) is 11.6 Å². The van der Waals surface area contributed by atoms with Crippen LogP contribution in [0.15, 0.2) is 44.8 Å². The number of fused-ring (bicyclic) bond motifs is 1. The Hall–Kier alpha value is -2.74. The van der Waals surface area contributed by atoms with Crippen molar-refractivity contribution in [3.63, 3.8) is 0 Å². The molecule has 8 heteroatoms. The summed E-state index contributed by atoms with van der Waals surface area (Å²) in [6.07, 6.45) is 3.47. The van der Waals surface area contributed by atoms with Gasteiger partial charge in [0.25, 0.3) is 5.56 Å². The van der Waals surface area contributed by atoms with Crippen molar-refractivity contribution in [2.45, 2.75) is 10.8 Å². The number of aliphatic carboxylic acids is 1. The maximum Gasteiger partial charge on any atom is 0.332 e. The van der Waals surface area contributed by atoms with Gasteiger partial charge < -0.3 is 10.4 Å². The molecule has 0 aliphatic carbocycles. The topological polar surface area (TPSA) is 93.3 Å². The van der Waals surface area contributed by atoms with Crippen LogP contribution in [0.1, 0.15) is 17.0 Å². The first kappa shape index (κ1) is 17.1. The Labute approximate surface area is 147 Å². The molecule has 1 unspecified atom stereocenters. The predicted octanol–water partition coefficient (Wildman–Crippen LogP) is 1.44. The van der Waals surface area contributed by atoms with E-state index in [4.69, 9.17) is 0 Å². The fourth-order valence-corrected chi connectivity index (χ4v) is 3.26. The summed E-state index contributed by atoms with van der Waals surface area (Å²) >= 11 is 1.60. The van der Waals surface area contributed by atoms with E-state index >= 15 is 0 Å². The van der Waals surface area contributed by atoms with Gasteiger partial charge in [0.1, 0.15) is 11.7 Å². The minimum atomic E-state index is -1.14. The van der Waals surface area contributed by atoms with E-state index in [9.17, 15) is 19.5 Å². The summed E-state index contributed by atoms with van der Waals surface area (Å²) in [7, 11) is 2.84. The van der Waals surface area contributed by atoms with Crippen molar-refractivity contribution in [3.8, 4) is 0 Å². The number of carboxylic acids is 1. The van der Waals surface area contributed by atoms with Gasteiger partial charge in [-0.1, -0.05) is 12.1 Å². The van der Waals surface area contributed by atoms with Crippen LogP contribution in [0.25, 0.3) is 5.70 Å². The molecular weight excluding hydrogens is 342 g/mol. The summed E-state index contributed by atoms with van der Waals surface area (Å²) in [6.45, 7) is 0. The highest BCUT2D eigenvalue weighted by Gasteiger charge is 2.32. The Kier molecular flexibility index (Phi) is 4.30. The second-order valence-corrected chi connectivity index (χ2v) is 6.60. The maximum absolute atomic E-state index is 12.4.